The van der Waals surface area contributed by atoms with Crippen LogP contribution < -0.4 is 11.1 Å². The van der Waals surface area contributed by atoms with E-state index in [4.69, 9.17) is 5.73 Å². The lowest BCUT2D eigenvalue weighted by Crippen LogP contribution is -2.08. The van der Waals surface area contributed by atoms with Crippen LogP contribution in [-0.2, 0) is 6.42 Å². The molecule has 0 bridgehead atoms. The molecule has 0 saturated carbocycles. The van der Waals surface area contributed by atoms with Gasteiger partial charge in [-0.25, -0.2) is 0 Å². The lowest BCUT2D eigenvalue weighted by Gasteiger charge is -2.01. The Morgan fingerprint density at radius 1 is 1.33 bits per heavy atom. The summed E-state index contributed by atoms with van der Waals surface area (Å²) < 4.78 is 4.60. The fraction of sp³-hybridized carbons (Fsp3) is 0.250. The second-order valence-electron chi connectivity index (χ2n) is 2.87. The number of aromatic nitrogens is 4. The van der Waals surface area contributed by atoms with Gasteiger partial charge in [0.1, 0.15) is 11.6 Å². The summed E-state index contributed by atoms with van der Waals surface area (Å²) in [5, 5.41) is 14.3. The lowest BCUT2D eigenvalue weighted by molar-refractivity contribution is 0.410. The molecular formula is C8H10N6O. The van der Waals surface area contributed by atoms with Crippen LogP contribution in [0.2, 0.25) is 0 Å². The number of nitrogens with two attached hydrogens (primary N) is 1. The Kier molecular flexibility index (Phi) is 2.72. The van der Waals surface area contributed by atoms with E-state index >= 15 is 0 Å². The van der Waals surface area contributed by atoms with Crippen molar-refractivity contribution in [1.82, 2.24) is 20.3 Å². The molecule has 0 unspecified atom stereocenters. The zero-order valence-corrected chi connectivity index (χ0v) is 7.92. The largest absolute Gasteiger partial charge is 0.382 e. The molecule has 15 heavy (non-hydrogen) atoms. The standard InChI is InChI=1S/C8H10N6O/c9-6-1-2-7(13-12-6)10-4-3-8-11-5-15-14-8/h1-2,5H,3-4H2,(H2,9,12)(H,10,13). The van der Waals surface area contributed by atoms with Crippen molar-refractivity contribution in [3.05, 3.63) is 24.4 Å². The van der Waals surface area contributed by atoms with Crippen molar-refractivity contribution in [2.75, 3.05) is 17.6 Å². The van der Waals surface area contributed by atoms with Crippen LogP contribution in [0.15, 0.2) is 23.0 Å². The molecule has 7 heteroatoms. The van der Waals surface area contributed by atoms with Crippen LogP contribution >= 0.6 is 0 Å². The highest BCUT2D eigenvalue weighted by Crippen LogP contribution is 2.02. The Morgan fingerprint density at radius 2 is 2.27 bits per heavy atom. The fourth-order valence-corrected chi connectivity index (χ4v) is 1.04. The quantitative estimate of drug-likeness (QED) is 0.730. The molecule has 3 N–H and O–H groups in total. The molecule has 0 radical (unpaired) electrons. The van der Waals surface area contributed by atoms with Gasteiger partial charge in [-0.3, -0.25) is 0 Å². The van der Waals surface area contributed by atoms with Crippen LogP contribution in [-0.4, -0.2) is 26.9 Å². The van der Waals surface area contributed by atoms with E-state index in [0.29, 0.717) is 30.4 Å². The Labute approximate surface area is 85.7 Å². The third-order valence-corrected chi connectivity index (χ3v) is 1.75. The van der Waals surface area contributed by atoms with Gasteiger partial charge in [0.25, 0.3) is 0 Å². The highest BCUT2D eigenvalue weighted by Gasteiger charge is 1.98. The van der Waals surface area contributed by atoms with Crippen LogP contribution in [0.25, 0.3) is 0 Å². The maximum atomic E-state index is 5.40. The maximum Gasteiger partial charge on any atom is 0.213 e. The van der Waals surface area contributed by atoms with Crippen molar-refractivity contribution in [3.8, 4) is 0 Å². The molecule has 0 spiro atoms. The summed E-state index contributed by atoms with van der Waals surface area (Å²) in [4.78, 5) is 3.89. The van der Waals surface area contributed by atoms with Gasteiger partial charge in [-0.2, -0.15) is 4.98 Å². The van der Waals surface area contributed by atoms with Gasteiger partial charge < -0.3 is 15.6 Å². The van der Waals surface area contributed by atoms with Gasteiger partial charge in [0.05, 0.1) is 0 Å². The zero-order valence-electron chi connectivity index (χ0n) is 7.92. The predicted molar refractivity (Wildman–Crippen MR) is 52.9 cm³/mol. The van der Waals surface area contributed by atoms with Gasteiger partial charge in [0.2, 0.25) is 6.39 Å². The van der Waals surface area contributed by atoms with Crippen molar-refractivity contribution < 1.29 is 4.52 Å². The van der Waals surface area contributed by atoms with Crippen LogP contribution in [0.1, 0.15) is 5.82 Å². The van der Waals surface area contributed by atoms with Crippen molar-refractivity contribution in [2.24, 2.45) is 0 Å². The van der Waals surface area contributed by atoms with Crippen molar-refractivity contribution in [2.45, 2.75) is 6.42 Å². The average molecular weight is 206 g/mol. The second kappa shape index (κ2) is 4.36. The number of hydrogen-bond acceptors (Lipinski definition) is 7. The minimum Gasteiger partial charge on any atom is -0.382 e. The van der Waals surface area contributed by atoms with Gasteiger partial charge in [0.15, 0.2) is 5.82 Å². The maximum absolute atomic E-state index is 5.40. The number of nitrogens with one attached hydrogen (secondary N) is 1. The topological polar surface area (TPSA) is 103 Å². The van der Waals surface area contributed by atoms with Crippen molar-refractivity contribution in [3.63, 3.8) is 0 Å². The minimum absolute atomic E-state index is 0.402. The SMILES string of the molecule is Nc1ccc(NCCc2ncon2)nn1. The molecule has 2 aromatic heterocycles. The van der Waals surface area contributed by atoms with Gasteiger partial charge in [-0.05, 0) is 12.1 Å². The summed E-state index contributed by atoms with van der Waals surface area (Å²) in [6.45, 7) is 0.665. The average Bonchev–Trinajstić information content (AvgIpc) is 2.74. The van der Waals surface area contributed by atoms with Gasteiger partial charge in [0, 0.05) is 13.0 Å². The summed E-state index contributed by atoms with van der Waals surface area (Å²) in [5.74, 6) is 1.73. The van der Waals surface area contributed by atoms with Crippen LogP contribution in [0.3, 0.4) is 0 Å². The fourth-order valence-electron chi connectivity index (χ4n) is 1.04. The Hall–Kier alpha value is -2.18. The molecule has 2 rings (SSSR count). The molecule has 0 amide bonds. The molecular weight excluding hydrogens is 196 g/mol. The Balaban J connectivity index is 1.81. The molecule has 0 aliphatic carbocycles. The van der Waals surface area contributed by atoms with E-state index in [9.17, 15) is 0 Å². The van der Waals surface area contributed by atoms with Crippen molar-refractivity contribution >= 4 is 11.6 Å². The van der Waals surface area contributed by atoms with E-state index in [1.165, 1.54) is 6.39 Å². The molecule has 2 aromatic rings. The smallest absolute Gasteiger partial charge is 0.213 e. The molecule has 0 fully saturated rings. The summed E-state index contributed by atoms with van der Waals surface area (Å²) in [6.07, 6.45) is 1.97. The molecule has 0 atom stereocenters. The van der Waals surface area contributed by atoms with Gasteiger partial charge >= 0.3 is 0 Å². The third kappa shape index (κ3) is 2.63. The van der Waals surface area contributed by atoms with E-state index in [-0.39, 0.29) is 0 Å². The normalized spacial score (nSPS) is 10.1. The molecule has 0 aliphatic heterocycles. The van der Waals surface area contributed by atoms with E-state index in [1.54, 1.807) is 12.1 Å². The number of anilines is 2. The molecule has 2 heterocycles. The van der Waals surface area contributed by atoms with E-state index in [2.05, 4.69) is 30.2 Å². The lowest BCUT2D eigenvalue weighted by atomic mass is 10.4. The van der Waals surface area contributed by atoms with E-state index < -0.39 is 0 Å². The number of nitrogen functional groups attached to an aromatic ring is 1. The van der Waals surface area contributed by atoms with Crippen LogP contribution in [0.5, 0.6) is 0 Å². The monoisotopic (exact) mass is 206 g/mol. The number of nitrogens with zero attached hydrogens (tertiary/aromatic N) is 4. The van der Waals surface area contributed by atoms with E-state index in [0.717, 1.165) is 0 Å². The van der Waals surface area contributed by atoms with Crippen molar-refractivity contribution in [1.29, 1.82) is 0 Å². The number of hydrogen-bond donors (Lipinski definition) is 2. The molecule has 7 nitrogen and oxygen atoms in total. The first-order valence-electron chi connectivity index (χ1n) is 4.43. The second-order valence-corrected chi connectivity index (χ2v) is 2.87. The van der Waals surface area contributed by atoms with Gasteiger partial charge in [-0.15, -0.1) is 10.2 Å². The first kappa shape index (κ1) is 9.38. The minimum atomic E-state index is 0.402. The summed E-state index contributed by atoms with van der Waals surface area (Å²) in [5.41, 5.74) is 5.40. The van der Waals surface area contributed by atoms with Crippen LogP contribution in [0.4, 0.5) is 11.6 Å². The summed E-state index contributed by atoms with van der Waals surface area (Å²) in [6, 6.07) is 3.45. The molecule has 0 aromatic carbocycles. The third-order valence-electron chi connectivity index (χ3n) is 1.75. The molecule has 0 aliphatic rings. The zero-order chi connectivity index (χ0) is 10.5. The highest BCUT2D eigenvalue weighted by molar-refractivity contribution is 5.38. The Bertz CT molecular complexity index is 398. The number of rotatable bonds is 4. The molecule has 0 saturated heterocycles. The van der Waals surface area contributed by atoms with Gasteiger partial charge in [-0.1, -0.05) is 5.16 Å². The summed E-state index contributed by atoms with van der Waals surface area (Å²) >= 11 is 0. The van der Waals surface area contributed by atoms with E-state index in [1.807, 2.05) is 0 Å². The summed E-state index contributed by atoms with van der Waals surface area (Å²) in [7, 11) is 0. The van der Waals surface area contributed by atoms with Crippen LogP contribution in [0, 0.1) is 0 Å². The predicted octanol–water partition coefficient (Wildman–Crippen LogP) is 0.0964. The first-order valence-corrected chi connectivity index (χ1v) is 4.43. The highest BCUT2D eigenvalue weighted by atomic mass is 16.5. The first-order chi connectivity index (χ1) is 7.34. The Morgan fingerprint density at radius 3 is 2.93 bits per heavy atom. The molecule has 78 valence electrons.